The number of nitrogens with two attached hydrogens (primary N) is 2. The monoisotopic (exact) mass is 452 g/mol. The molecule has 0 aliphatic carbocycles. The Labute approximate surface area is 177 Å². The molecule has 11 N–H and O–H groups in total. The minimum Gasteiger partial charge on any atom is -0.481 e. The van der Waals surface area contributed by atoms with Crippen molar-refractivity contribution < 1.29 is 39.3 Å². The van der Waals surface area contributed by atoms with E-state index in [1.165, 1.54) is 0 Å². The molecule has 0 bridgehead atoms. The number of carboxylic acid groups (broad SMARTS) is 3. The summed E-state index contributed by atoms with van der Waals surface area (Å²) in [6.07, 6.45) is 0.371. The summed E-state index contributed by atoms with van der Waals surface area (Å²) in [4.78, 5) is 53.7. The number of rotatable bonds is 13. The predicted octanol–water partition coefficient (Wildman–Crippen LogP) is -2.87. The number of amides is 2. The van der Waals surface area contributed by atoms with E-state index >= 15 is 0 Å². The van der Waals surface area contributed by atoms with Crippen LogP contribution in [-0.4, -0.2) is 81.9 Å². The summed E-state index contributed by atoms with van der Waals surface area (Å²) < 4.78 is 0. The van der Waals surface area contributed by atoms with E-state index < -0.39 is 48.4 Å². The van der Waals surface area contributed by atoms with Gasteiger partial charge in [0.15, 0.2) is 5.96 Å². The summed E-state index contributed by atoms with van der Waals surface area (Å²) >= 11 is 3.87. The van der Waals surface area contributed by atoms with E-state index in [2.05, 4.69) is 28.6 Å². The highest BCUT2D eigenvalue weighted by molar-refractivity contribution is 7.80. The van der Waals surface area contributed by atoms with Gasteiger partial charge in [0.1, 0.15) is 18.6 Å². The average molecular weight is 452 g/mol. The van der Waals surface area contributed by atoms with Crippen LogP contribution in [0.4, 0.5) is 0 Å². The minimum absolute atomic E-state index is 0.0256. The largest absolute Gasteiger partial charge is 0.481 e. The van der Waals surface area contributed by atoms with Crippen LogP contribution in [0.5, 0.6) is 0 Å². The first-order chi connectivity index (χ1) is 13.9. The molecule has 0 spiro atoms. The van der Waals surface area contributed by atoms with Gasteiger partial charge in [-0.15, -0.1) is 0 Å². The zero-order chi connectivity index (χ0) is 23.7. The highest BCUT2D eigenvalue weighted by Gasteiger charge is 2.20. The van der Waals surface area contributed by atoms with Crippen LogP contribution in [0.3, 0.4) is 0 Å². The molecule has 0 rings (SSSR count). The fourth-order valence-electron chi connectivity index (χ4n) is 1.62. The van der Waals surface area contributed by atoms with Crippen molar-refractivity contribution in [3.05, 3.63) is 0 Å². The Kier molecular flexibility index (Phi) is 16.4. The third-order valence-corrected chi connectivity index (χ3v) is 3.50. The first kappa shape index (κ1) is 29.1. The zero-order valence-corrected chi connectivity index (χ0v) is 17.0. The van der Waals surface area contributed by atoms with Crippen molar-refractivity contribution >= 4 is 48.3 Å². The number of guanidine groups is 1. The normalized spacial score (nSPS) is 11.7. The van der Waals surface area contributed by atoms with Crippen LogP contribution in [0.15, 0.2) is 0 Å². The first-order valence-electron chi connectivity index (χ1n) is 8.58. The Hall–Kier alpha value is -3.07. The van der Waals surface area contributed by atoms with Gasteiger partial charge in [-0.3, -0.25) is 29.4 Å². The topological polar surface area (TPSA) is 258 Å². The molecule has 2 atom stereocenters. The third-order valence-electron chi connectivity index (χ3n) is 3.13. The van der Waals surface area contributed by atoms with E-state index in [-0.39, 0.29) is 31.0 Å². The maximum absolute atomic E-state index is 11.5. The van der Waals surface area contributed by atoms with E-state index in [1.54, 1.807) is 0 Å². The molecule has 0 aromatic heterocycles. The van der Waals surface area contributed by atoms with Gasteiger partial charge in [-0.2, -0.15) is 12.6 Å². The molecule has 0 aromatic rings. The van der Waals surface area contributed by atoms with Crippen LogP contribution in [0.1, 0.15) is 25.7 Å². The summed E-state index contributed by atoms with van der Waals surface area (Å²) in [6.45, 7) is -0.121. The van der Waals surface area contributed by atoms with E-state index in [4.69, 9.17) is 32.2 Å². The van der Waals surface area contributed by atoms with Crippen LogP contribution in [0.2, 0.25) is 0 Å². The number of carboxylic acids is 3. The predicted molar refractivity (Wildman–Crippen MR) is 108 cm³/mol. The smallest absolute Gasteiger partial charge is 0.322 e. The van der Waals surface area contributed by atoms with Gasteiger partial charge in [0.25, 0.3) is 0 Å². The average Bonchev–Trinajstić information content (AvgIpc) is 2.65. The first-order valence-corrected chi connectivity index (χ1v) is 9.21. The Morgan fingerprint density at radius 1 is 1.00 bits per heavy atom. The molecule has 0 aliphatic rings. The maximum Gasteiger partial charge on any atom is 0.322 e. The molecule has 0 aromatic carbocycles. The number of aliphatic carboxylic acids is 3. The van der Waals surface area contributed by atoms with Crippen LogP contribution in [-0.2, 0) is 24.0 Å². The SMILES string of the molecule is N=C(N)NCCCC(=O)O.NC(CCC(=O)NC(CS)C(=O)NCC(=O)O)C(=O)O. The van der Waals surface area contributed by atoms with Gasteiger partial charge in [0, 0.05) is 25.1 Å². The molecule has 0 fully saturated rings. The Morgan fingerprint density at radius 2 is 1.60 bits per heavy atom. The van der Waals surface area contributed by atoms with Crippen LogP contribution in [0.25, 0.3) is 0 Å². The van der Waals surface area contributed by atoms with Crippen LogP contribution < -0.4 is 27.4 Å². The quantitative estimate of drug-likeness (QED) is 0.0587. The lowest BCUT2D eigenvalue weighted by Crippen LogP contribution is -2.49. The van der Waals surface area contributed by atoms with Crippen molar-refractivity contribution in [1.82, 2.24) is 16.0 Å². The molecule has 0 radical (unpaired) electrons. The van der Waals surface area contributed by atoms with Gasteiger partial charge < -0.3 is 42.7 Å². The van der Waals surface area contributed by atoms with Gasteiger partial charge in [-0.25, -0.2) is 0 Å². The fraction of sp³-hybridized carbons (Fsp3) is 0.600. The van der Waals surface area contributed by atoms with Crippen LogP contribution >= 0.6 is 12.6 Å². The summed E-state index contributed by atoms with van der Waals surface area (Å²) in [5, 5.41) is 38.7. The number of nitrogens with one attached hydrogen (secondary N) is 4. The molecule has 15 heteroatoms. The van der Waals surface area contributed by atoms with Crippen molar-refractivity contribution in [2.75, 3.05) is 18.8 Å². The number of hydrogen-bond donors (Lipinski definition) is 10. The molecule has 30 heavy (non-hydrogen) atoms. The summed E-state index contributed by atoms with van der Waals surface area (Å²) in [7, 11) is 0. The number of hydrogen-bond acceptors (Lipinski definition) is 8. The van der Waals surface area contributed by atoms with E-state index in [9.17, 15) is 24.0 Å². The van der Waals surface area contributed by atoms with Gasteiger partial charge >= 0.3 is 17.9 Å². The summed E-state index contributed by atoms with van der Waals surface area (Å²) in [6, 6.07) is -2.15. The molecule has 0 saturated carbocycles. The summed E-state index contributed by atoms with van der Waals surface area (Å²) in [5.74, 6) is -4.65. The lowest BCUT2D eigenvalue weighted by atomic mass is 10.1. The molecule has 172 valence electrons. The second-order valence-electron chi connectivity index (χ2n) is 5.74. The van der Waals surface area contributed by atoms with Gasteiger partial charge in [-0.1, -0.05) is 0 Å². The molecule has 0 aliphatic heterocycles. The van der Waals surface area contributed by atoms with E-state index in [1.807, 2.05) is 0 Å². The minimum atomic E-state index is -1.22. The second kappa shape index (κ2) is 16.8. The van der Waals surface area contributed by atoms with Crippen molar-refractivity contribution in [2.45, 2.75) is 37.8 Å². The Morgan fingerprint density at radius 3 is 2.03 bits per heavy atom. The van der Waals surface area contributed by atoms with E-state index in [0.29, 0.717) is 13.0 Å². The molecule has 2 amide bonds. The fourth-order valence-corrected chi connectivity index (χ4v) is 1.88. The Bertz CT molecular complexity index is 602. The lowest BCUT2D eigenvalue weighted by molar-refractivity contribution is -0.139. The highest BCUT2D eigenvalue weighted by Crippen LogP contribution is 1.97. The lowest BCUT2D eigenvalue weighted by Gasteiger charge is -2.16. The molecule has 2 unspecified atom stereocenters. The maximum atomic E-state index is 11.5. The van der Waals surface area contributed by atoms with Gasteiger partial charge in [0.05, 0.1) is 0 Å². The highest BCUT2D eigenvalue weighted by atomic mass is 32.1. The Balaban J connectivity index is 0. The molecular weight excluding hydrogens is 424 g/mol. The van der Waals surface area contributed by atoms with E-state index in [0.717, 1.165) is 0 Å². The zero-order valence-electron chi connectivity index (χ0n) is 16.1. The molecular formula is C15H28N6O8S. The third kappa shape index (κ3) is 18.3. The van der Waals surface area contributed by atoms with Crippen molar-refractivity contribution in [2.24, 2.45) is 11.5 Å². The molecule has 14 nitrogen and oxygen atoms in total. The standard InChI is InChI=1S/C10H17N3O6S.C5H11N3O2/c11-5(10(18)19)1-2-7(14)13-6(4-20)9(17)12-3-8(15)16;6-5(7)8-3-1-2-4(9)10/h5-6,20H,1-4,11H2,(H,12,17)(H,13,14)(H,15,16)(H,18,19);1-3H2,(H,9,10)(H4,6,7,8). The number of carbonyl (C=O) groups is 5. The second-order valence-corrected chi connectivity index (χ2v) is 6.10. The van der Waals surface area contributed by atoms with Crippen molar-refractivity contribution in [1.29, 1.82) is 5.41 Å². The summed E-state index contributed by atoms with van der Waals surface area (Å²) in [5.41, 5.74) is 10.2. The van der Waals surface area contributed by atoms with Gasteiger partial charge in [-0.05, 0) is 12.8 Å². The number of thiol groups is 1. The van der Waals surface area contributed by atoms with Crippen LogP contribution in [0, 0.1) is 5.41 Å². The van der Waals surface area contributed by atoms with Crippen molar-refractivity contribution in [3.63, 3.8) is 0 Å². The number of carbonyl (C=O) groups excluding carboxylic acids is 2. The molecule has 0 saturated heterocycles. The molecule has 0 heterocycles. The van der Waals surface area contributed by atoms with Crippen molar-refractivity contribution in [3.8, 4) is 0 Å². The van der Waals surface area contributed by atoms with Gasteiger partial charge in [0.2, 0.25) is 11.8 Å².